The molecule has 0 aliphatic heterocycles. The summed E-state index contributed by atoms with van der Waals surface area (Å²) in [4.78, 5) is 13.4. The Morgan fingerprint density at radius 3 is 2.57 bits per heavy atom. The van der Waals surface area contributed by atoms with Crippen LogP contribution in [0, 0.1) is 11.3 Å². The average Bonchev–Trinajstić information content (AvgIpc) is 2.59. The van der Waals surface area contributed by atoms with Crippen molar-refractivity contribution < 1.29 is 14.6 Å². The van der Waals surface area contributed by atoms with Crippen molar-refractivity contribution in [2.24, 2.45) is 0 Å². The van der Waals surface area contributed by atoms with Gasteiger partial charge in [0.05, 0.1) is 11.6 Å². The number of ether oxygens (including phenoxy) is 1. The molecule has 2 aromatic rings. The van der Waals surface area contributed by atoms with E-state index < -0.39 is 6.10 Å². The molecule has 1 atom stereocenters. The zero-order valence-electron chi connectivity index (χ0n) is 13.1. The highest BCUT2D eigenvalue weighted by molar-refractivity contribution is 5.94. The van der Waals surface area contributed by atoms with Crippen molar-refractivity contribution in [1.82, 2.24) is 4.90 Å². The number of nitriles is 1. The van der Waals surface area contributed by atoms with E-state index in [1.165, 1.54) is 4.90 Å². The van der Waals surface area contributed by atoms with E-state index in [1.54, 1.807) is 62.6 Å². The fourth-order valence-electron chi connectivity index (χ4n) is 2.03. The number of hydrogen-bond donors (Lipinski definition) is 1. The van der Waals surface area contributed by atoms with Gasteiger partial charge in [0, 0.05) is 19.7 Å². The molecule has 0 saturated carbocycles. The molecule has 1 amide bonds. The van der Waals surface area contributed by atoms with Gasteiger partial charge in [-0.1, -0.05) is 18.2 Å². The molecule has 5 nitrogen and oxygen atoms in total. The van der Waals surface area contributed by atoms with Gasteiger partial charge in [-0.05, 0) is 35.9 Å². The summed E-state index contributed by atoms with van der Waals surface area (Å²) < 4.78 is 5.56. The van der Waals surface area contributed by atoms with E-state index in [-0.39, 0.29) is 12.5 Å². The summed E-state index contributed by atoms with van der Waals surface area (Å²) in [5, 5.41) is 18.9. The van der Waals surface area contributed by atoms with Gasteiger partial charge < -0.3 is 14.7 Å². The summed E-state index contributed by atoms with van der Waals surface area (Å²) in [7, 11) is 3.37. The lowest BCUT2D eigenvalue weighted by atomic mass is 10.1. The second kappa shape index (κ2) is 7.43. The molecule has 1 N–H and O–H groups in total. The number of aliphatic hydroxyl groups excluding tert-OH is 1. The highest BCUT2D eigenvalue weighted by Crippen LogP contribution is 2.18. The minimum absolute atomic E-state index is 0.0610. The monoisotopic (exact) mass is 310 g/mol. The van der Waals surface area contributed by atoms with E-state index in [1.807, 2.05) is 6.07 Å². The van der Waals surface area contributed by atoms with Gasteiger partial charge >= 0.3 is 0 Å². The first-order valence-electron chi connectivity index (χ1n) is 7.14. The molecular formula is C18H18N2O3. The topological polar surface area (TPSA) is 73.6 Å². The van der Waals surface area contributed by atoms with E-state index in [4.69, 9.17) is 10.00 Å². The van der Waals surface area contributed by atoms with Gasteiger partial charge in [-0.15, -0.1) is 0 Å². The smallest absolute Gasteiger partial charge is 0.253 e. The Morgan fingerprint density at radius 1 is 1.26 bits per heavy atom. The van der Waals surface area contributed by atoms with Crippen molar-refractivity contribution in [3.05, 3.63) is 65.2 Å². The van der Waals surface area contributed by atoms with Gasteiger partial charge in [-0.25, -0.2) is 0 Å². The summed E-state index contributed by atoms with van der Waals surface area (Å²) in [6.07, 6.45) is -0.809. The SMILES string of the molecule is CN(C)C(=O)c1cccc(OCC(O)c2ccc(C#N)cc2)c1. The van der Waals surface area contributed by atoms with Crippen LogP contribution in [-0.2, 0) is 0 Å². The Bertz CT molecular complexity index is 718. The van der Waals surface area contributed by atoms with Gasteiger partial charge in [0.15, 0.2) is 0 Å². The fraction of sp³-hybridized carbons (Fsp3) is 0.222. The maximum atomic E-state index is 11.9. The van der Waals surface area contributed by atoms with E-state index in [0.29, 0.717) is 22.4 Å². The molecule has 0 aromatic heterocycles. The third kappa shape index (κ3) is 4.31. The first-order chi connectivity index (χ1) is 11.0. The zero-order chi connectivity index (χ0) is 16.8. The average molecular weight is 310 g/mol. The van der Waals surface area contributed by atoms with Crippen LogP contribution >= 0.6 is 0 Å². The Morgan fingerprint density at radius 2 is 1.96 bits per heavy atom. The van der Waals surface area contributed by atoms with Crippen LogP contribution in [0.15, 0.2) is 48.5 Å². The molecule has 2 rings (SSSR count). The molecule has 0 bridgehead atoms. The van der Waals surface area contributed by atoms with Crippen LogP contribution in [0.3, 0.4) is 0 Å². The molecule has 0 spiro atoms. The Balaban J connectivity index is 2.01. The number of amides is 1. The summed E-state index contributed by atoms with van der Waals surface area (Å²) in [5.74, 6) is 0.411. The van der Waals surface area contributed by atoms with Crippen molar-refractivity contribution in [2.45, 2.75) is 6.10 Å². The molecule has 118 valence electrons. The van der Waals surface area contributed by atoms with Gasteiger partial charge in [0.1, 0.15) is 18.5 Å². The summed E-state index contributed by atoms with van der Waals surface area (Å²) in [6.45, 7) is 0.0610. The Labute approximate surface area is 135 Å². The van der Waals surface area contributed by atoms with Crippen molar-refractivity contribution >= 4 is 5.91 Å². The maximum absolute atomic E-state index is 11.9. The van der Waals surface area contributed by atoms with Crippen LogP contribution in [0.2, 0.25) is 0 Å². The van der Waals surface area contributed by atoms with E-state index >= 15 is 0 Å². The molecule has 23 heavy (non-hydrogen) atoms. The first kappa shape index (κ1) is 16.5. The van der Waals surface area contributed by atoms with Crippen LogP contribution < -0.4 is 4.74 Å². The van der Waals surface area contributed by atoms with Gasteiger partial charge in [0.25, 0.3) is 5.91 Å². The standard InChI is InChI=1S/C18H18N2O3/c1-20(2)18(22)15-4-3-5-16(10-15)23-12-17(21)14-8-6-13(11-19)7-9-14/h3-10,17,21H,12H2,1-2H3. The largest absolute Gasteiger partial charge is 0.491 e. The quantitative estimate of drug-likeness (QED) is 0.920. The molecular weight excluding hydrogens is 292 g/mol. The van der Waals surface area contributed by atoms with Crippen molar-refractivity contribution in [3.8, 4) is 11.8 Å². The molecule has 5 heteroatoms. The third-order valence-electron chi connectivity index (χ3n) is 3.32. The minimum atomic E-state index is -0.809. The lowest BCUT2D eigenvalue weighted by molar-refractivity contribution is 0.0826. The fourth-order valence-corrected chi connectivity index (χ4v) is 2.03. The number of aliphatic hydroxyl groups is 1. The number of carbonyl (C=O) groups excluding carboxylic acids is 1. The normalized spacial score (nSPS) is 11.4. The molecule has 0 fully saturated rings. The summed E-state index contributed by atoms with van der Waals surface area (Å²) in [6, 6.07) is 15.5. The molecule has 0 aliphatic rings. The van der Waals surface area contributed by atoms with E-state index in [9.17, 15) is 9.90 Å². The van der Waals surface area contributed by atoms with Crippen LogP contribution in [0.4, 0.5) is 0 Å². The molecule has 0 heterocycles. The number of hydrogen-bond acceptors (Lipinski definition) is 4. The number of rotatable bonds is 5. The Hall–Kier alpha value is -2.84. The number of nitrogens with zero attached hydrogens (tertiary/aromatic N) is 2. The molecule has 0 saturated heterocycles. The Kier molecular flexibility index (Phi) is 5.34. The van der Waals surface area contributed by atoms with E-state index in [0.717, 1.165) is 0 Å². The second-order valence-corrected chi connectivity index (χ2v) is 5.29. The summed E-state index contributed by atoms with van der Waals surface area (Å²) >= 11 is 0. The van der Waals surface area contributed by atoms with Gasteiger partial charge in [0.2, 0.25) is 0 Å². The number of carbonyl (C=O) groups is 1. The maximum Gasteiger partial charge on any atom is 0.253 e. The van der Waals surface area contributed by atoms with Crippen LogP contribution in [0.25, 0.3) is 0 Å². The lowest BCUT2D eigenvalue weighted by Gasteiger charge is -2.14. The van der Waals surface area contributed by atoms with Crippen LogP contribution in [0.1, 0.15) is 27.6 Å². The van der Waals surface area contributed by atoms with Gasteiger partial charge in [-0.3, -0.25) is 4.79 Å². The zero-order valence-corrected chi connectivity index (χ0v) is 13.1. The number of benzene rings is 2. The van der Waals surface area contributed by atoms with Crippen molar-refractivity contribution in [3.63, 3.8) is 0 Å². The van der Waals surface area contributed by atoms with Crippen LogP contribution in [-0.4, -0.2) is 36.6 Å². The van der Waals surface area contributed by atoms with Crippen LogP contribution in [0.5, 0.6) is 5.75 Å². The van der Waals surface area contributed by atoms with Crippen molar-refractivity contribution in [1.29, 1.82) is 5.26 Å². The predicted molar refractivity (Wildman–Crippen MR) is 86.1 cm³/mol. The van der Waals surface area contributed by atoms with Gasteiger partial charge in [-0.2, -0.15) is 5.26 Å². The molecule has 0 radical (unpaired) electrons. The molecule has 0 aliphatic carbocycles. The van der Waals surface area contributed by atoms with Crippen molar-refractivity contribution in [2.75, 3.05) is 20.7 Å². The third-order valence-corrected chi connectivity index (χ3v) is 3.32. The van der Waals surface area contributed by atoms with E-state index in [2.05, 4.69) is 0 Å². The minimum Gasteiger partial charge on any atom is -0.491 e. The molecule has 2 aromatic carbocycles. The highest BCUT2D eigenvalue weighted by atomic mass is 16.5. The second-order valence-electron chi connectivity index (χ2n) is 5.29. The lowest BCUT2D eigenvalue weighted by Crippen LogP contribution is -2.21. The first-order valence-corrected chi connectivity index (χ1v) is 7.14. The summed E-state index contributed by atoms with van der Waals surface area (Å²) in [5.41, 5.74) is 1.74. The predicted octanol–water partition coefficient (Wildman–Crippen LogP) is 2.37. The molecule has 1 unspecified atom stereocenters. The highest BCUT2D eigenvalue weighted by Gasteiger charge is 2.11.